The highest BCUT2D eigenvalue weighted by Gasteiger charge is 2.50. The first-order valence-corrected chi connectivity index (χ1v) is 9.01. The van der Waals surface area contributed by atoms with Crippen molar-refractivity contribution in [2.75, 3.05) is 6.61 Å². The first-order valence-electron chi connectivity index (χ1n) is 8.07. The Hall–Kier alpha value is -1.69. The Labute approximate surface area is 146 Å². The van der Waals surface area contributed by atoms with Crippen molar-refractivity contribution < 1.29 is 14.7 Å². The summed E-state index contributed by atoms with van der Waals surface area (Å²) in [6, 6.07) is 5.82. The van der Waals surface area contributed by atoms with Crippen LogP contribution >= 0.6 is 11.3 Å². The molecule has 0 saturated heterocycles. The van der Waals surface area contributed by atoms with Gasteiger partial charge in [0.1, 0.15) is 0 Å². The van der Waals surface area contributed by atoms with Gasteiger partial charge in [-0.25, -0.2) is 4.79 Å². The molecule has 4 nitrogen and oxygen atoms in total. The molecule has 1 aliphatic rings. The van der Waals surface area contributed by atoms with Crippen molar-refractivity contribution in [3.63, 3.8) is 0 Å². The average molecular weight is 344 g/mol. The molecule has 0 atom stereocenters. The lowest BCUT2D eigenvalue weighted by Crippen LogP contribution is -2.41. The Balaban J connectivity index is 2.28. The number of hydrogen-bond acceptors (Lipinski definition) is 4. The molecule has 127 valence electrons. The molecule has 0 aliphatic carbocycles. The summed E-state index contributed by atoms with van der Waals surface area (Å²) in [6.45, 7) is 9.76. The smallest absolute Gasteiger partial charge is 0.338 e. The first-order chi connectivity index (χ1) is 11.2. The fourth-order valence-electron chi connectivity index (χ4n) is 3.56. The number of benzene rings is 1. The van der Waals surface area contributed by atoms with E-state index in [1.807, 2.05) is 56.7 Å². The van der Waals surface area contributed by atoms with Gasteiger partial charge >= 0.3 is 5.97 Å². The van der Waals surface area contributed by atoms with Crippen molar-refractivity contribution >= 4 is 17.3 Å². The average Bonchev–Trinajstić information content (AvgIpc) is 3.10. The minimum atomic E-state index is -0.687. The number of hydroxylamine groups is 2. The summed E-state index contributed by atoms with van der Waals surface area (Å²) in [5.74, 6) is -0.348. The lowest BCUT2D eigenvalue weighted by Gasteiger charge is -2.32. The summed E-state index contributed by atoms with van der Waals surface area (Å²) in [4.78, 5) is 12.5. The maximum atomic E-state index is 12.8. The highest BCUT2D eigenvalue weighted by atomic mass is 32.1. The summed E-state index contributed by atoms with van der Waals surface area (Å²) in [5.41, 5.74) is 2.86. The second-order valence-electron chi connectivity index (χ2n) is 7.09. The third-order valence-electron chi connectivity index (χ3n) is 4.82. The standard InChI is InChI=1S/C19H22NO3S/c1-6-23-17(21)14-10-16-15(9-13(14)12-7-8-24-11-12)18(2,3)20(22)19(16,4)5/h7-11H,6H2,1-5H3. The Morgan fingerprint density at radius 1 is 1.17 bits per heavy atom. The van der Waals surface area contributed by atoms with Crippen molar-refractivity contribution in [1.82, 2.24) is 5.06 Å². The summed E-state index contributed by atoms with van der Waals surface area (Å²) < 4.78 is 5.25. The van der Waals surface area contributed by atoms with Gasteiger partial charge in [0.15, 0.2) is 0 Å². The van der Waals surface area contributed by atoms with Gasteiger partial charge in [0.05, 0.1) is 23.2 Å². The number of carbonyl (C=O) groups excluding carboxylic acids is 1. The number of thiophene rings is 1. The highest BCUT2D eigenvalue weighted by Crippen LogP contribution is 2.50. The molecule has 5 heteroatoms. The SMILES string of the molecule is CCOC(=O)c1cc2c(cc1-c1ccsc1)C(C)(C)N([O])C2(C)C. The lowest BCUT2D eigenvalue weighted by molar-refractivity contribution is -0.266. The number of esters is 1. The zero-order chi connectivity index (χ0) is 17.7. The Morgan fingerprint density at radius 3 is 2.33 bits per heavy atom. The van der Waals surface area contributed by atoms with Crippen LogP contribution < -0.4 is 0 Å². The van der Waals surface area contributed by atoms with E-state index in [4.69, 9.17) is 4.74 Å². The first kappa shape index (κ1) is 17.1. The Morgan fingerprint density at radius 2 is 1.79 bits per heavy atom. The van der Waals surface area contributed by atoms with Gasteiger partial charge < -0.3 is 4.74 Å². The molecule has 0 fully saturated rings. The zero-order valence-electron chi connectivity index (χ0n) is 14.7. The molecular weight excluding hydrogens is 322 g/mol. The predicted octanol–water partition coefficient (Wildman–Crippen LogP) is 4.72. The van der Waals surface area contributed by atoms with E-state index >= 15 is 0 Å². The van der Waals surface area contributed by atoms with E-state index in [-0.39, 0.29) is 5.97 Å². The van der Waals surface area contributed by atoms with E-state index in [9.17, 15) is 10.0 Å². The maximum Gasteiger partial charge on any atom is 0.338 e. The maximum absolute atomic E-state index is 12.8. The topological polar surface area (TPSA) is 49.4 Å². The van der Waals surface area contributed by atoms with Gasteiger partial charge in [-0.3, -0.25) is 0 Å². The molecule has 1 aliphatic heterocycles. The number of nitrogens with zero attached hydrogens (tertiary/aromatic N) is 1. The highest BCUT2D eigenvalue weighted by molar-refractivity contribution is 7.08. The molecule has 0 N–H and O–H groups in total. The summed E-state index contributed by atoms with van der Waals surface area (Å²) in [7, 11) is 0. The molecule has 2 aromatic rings. The van der Waals surface area contributed by atoms with Gasteiger partial charge in [0.25, 0.3) is 0 Å². The Kier molecular flexibility index (Phi) is 4.06. The molecule has 0 amide bonds. The second kappa shape index (κ2) is 5.69. The normalized spacial score (nSPS) is 18.4. The molecule has 24 heavy (non-hydrogen) atoms. The molecule has 0 spiro atoms. The van der Waals surface area contributed by atoms with E-state index in [0.717, 1.165) is 27.3 Å². The van der Waals surface area contributed by atoms with Gasteiger partial charge in [-0.05, 0) is 85.8 Å². The molecule has 2 heterocycles. The minimum absolute atomic E-state index is 0.321. The molecular formula is C19H22NO3S. The van der Waals surface area contributed by atoms with E-state index in [0.29, 0.717) is 12.2 Å². The van der Waals surface area contributed by atoms with Crippen LogP contribution in [0.5, 0.6) is 0 Å². The quantitative estimate of drug-likeness (QED) is 0.757. The molecule has 1 aromatic heterocycles. The van der Waals surface area contributed by atoms with Gasteiger partial charge in [0, 0.05) is 0 Å². The molecule has 3 rings (SSSR count). The van der Waals surface area contributed by atoms with Crippen molar-refractivity contribution in [2.45, 2.75) is 45.7 Å². The van der Waals surface area contributed by atoms with Crippen molar-refractivity contribution in [1.29, 1.82) is 0 Å². The molecule has 0 saturated carbocycles. The third-order valence-corrected chi connectivity index (χ3v) is 5.50. The fraction of sp³-hybridized carbons (Fsp3) is 0.421. The summed E-state index contributed by atoms with van der Waals surface area (Å²) >= 11 is 1.58. The van der Waals surface area contributed by atoms with Crippen molar-refractivity contribution in [2.24, 2.45) is 0 Å². The molecule has 0 bridgehead atoms. The van der Waals surface area contributed by atoms with Crippen molar-refractivity contribution in [3.05, 3.63) is 45.6 Å². The monoisotopic (exact) mass is 344 g/mol. The summed E-state index contributed by atoms with van der Waals surface area (Å²) in [5, 5.41) is 17.9. The third kappa shape index (κ3) is 2.39. The van der Waals surface area contributed by atoms with E-state index in [2.05, 4.69) is 0 Å². The predicted molar refractivity (Wildman–Crippen MR) is 94.3 cm³/mol. The Bertz CT molecular complexity index is 778. The molecule has 1 aromatic carbocycles. The number of rotatable bonds is 3. The number of ether oxygens (including phenoxy) is 1. The van der Waals surface area contributed by atoms with Crippen LogP contribution in [-0.4, -0.2) is 17.6 Å². The largest absolute Gasteiger partial charge is 0.462 e. The van der Waals surface area contributed by atoms with Crippen LogP contribution in [0, 0.1) is 0 Å². The minimum Gasteiger partial charge on any atom is -0.462 e. The lowest BCUT2D eigenvalue weighted by atomic mass is 9.85. The molecule has 0 unspecified atom stereocenters. The molecule has 1 radical (unpaired) electrons. The van der Waals surface area contributed by atoms with Crippen LogP contribution in [0.15, 0.2) is 29.0 Å². The van der Waals surface area contributed by atoms with E-state index in [1.54, 1.807) is 18.3 Å². The van der Waals surface area contributed by atoms with Gasteiger partial charge in [0.2, 0.25) is 0 Å². The van der Waals surface area contributed by atoms with Crippen LogP contribution in [0.3, 0.4) is 0 Å². The van der Waals surface area contributed by atoms with Crippen molar-refractivity contribution in [3.8, 4) is 11.1 Å². The van der Waals surface area contributed by atoms with Gasteiger partial charge in [-0.1, -0.05) is 0 Å². The van der Waals surface area contributed by atoms with Crippen LogP contribution in [0.2, 0.25) is 0 Å². The summed E-state index contributed by atoms with van der Waals surface area (Å²) in [6.07, 6.45) is 0. The van der Waals surface area contributed by atoms with Gasteiger partial charge in [-0.15, -0.1) is 10.3 Å². The van der Waals surface area contributed by atoms with Crippen LogP contribution in [0.1, 0.15) is 56.1 Å². The second-order valence-corrected chi connectivity index (χ2v) is 7.87. The number of hydrogen-bond donors (Lipinski definition) is 0. The van der Waals surface area contributed by atoms with E-state index < -0.39 is 11.1 Å². The number of fused-ring (bicyclic) bond motifs is 1. The van der Waals surface area contributed by atoms with E-state index in [1.165, 1.54) is 0 Å². The fourth-order valence-corrected chi connectivity index (χ4v) is 4.22. The zero-order valence-corrected chi connectivity index (χ0v) is 15.5. The van der Waals surface area contributed by atoms with Crippen LogP contribution in [0.25, 0.3) is 11.1 Å². The van der Waals surface area contributed by atoms with Crippen LogP contribution in [-0.2, 0) is 21.0 Å². The van der Waals surface area contributed by atoms with Gasteiger partial charge in [-0.2, -0.15) is 11.3 Å². The van der Waals surface area contributed by atoms with Crippen LogP contribution in [0.4, 0.5) is 0 Å². The number of carbonyl (C=O) groups is 1.